The minimum absolute atomic E-state index is 0.0479. The lowest BCUT2D eigenvalue weighted by molar-refractivity contribution is 0.0680. The molecule has 8 nitrogen and oxygen atoms in total. The summed E-state index contributed by atoms with van der Waals surface area (Å²) in [7, 11) is 1.62. The molecule has 0 amide bonds. The van der Waals surface area contributed by atoms with Gasteiger partial charge in [0.2, 0.25) is 0 Å². The minimum atomic E-state index is -1.25. The molecule has 78 valence electrons. The van der Waals surface area contributed by atoms with Crippen LogP contribution in [-0.2, 0) is 7.05 Å². The molecule has 0 aliphatic rings. The summed E-state index contributed by atoms with van der Waals surface area (Å²) in [5.41, 5.74) is 0.426. The molecule has 2 rings (SSSR count). The molecule has 0 bridgehead atoms. The molecule has 2 heterocycles. The number of nitrogens with zero attached hydrogens (tertiary/aromatic N) is 5. The van der Waals surface area contributed by atoms with Gasteiger partial charge in [0.1, 0.15) is 0 Å². The van der Waals surface area contributed by atoms with Crippen LogP contribution in [-0.4, -0.2) is 36.2 Å². The van der Waals surface area contributed by atoms with E-state index in [1.165, 1.54) is 4.68 Å². The fraction of sp³-hybridized carbons (Fsp3) is 0.167. The number of rotatable bonds is 2. The van der Waals surface area contributed by atoms with Crippen LogP contribution in [0.3, 0.4) is 0 Å². The van der Waals surface area contributed by atoms with Crippen LogP contribution >= 0.6 is 15.9 Å². The molecule has 0 fully saturated rings. The van der Waals surface area contributed by atoms with Crippen molar-refractivity contribution >= 4 is 21.9 Å². The lowest BCUT2D eigenvalue weighted by Crippen LogP contribution is -1.99. The number of aromatic carboxylic acids is 1. The Balaban J connectivity index is 2.50. The molecule has 0 aromatic carbocycles. The quantitative estimate of drug-likeness (QED) is 0.840. The lowest BCUT2D eigenvalue weighted by Gasteiger charge is -1.92. The van der Waals surface area contributed by atoms with Crippen LogP contribution in [0.25, 0.3) is 11.6 Å². The number of halogens is 1. The molecule has 2 aromatic rings. The summed E-state index contributed by atoms with van der Waals surface area (Å²) in [5, 5.41) is 19.3. The van der Waals surface area contributed by atoms with E-state index in [-0.39, 0.29) is 5.89 Å². The molecule has 2 aromatic heterocycles. The van der Waals surface area contributed by atoms with Crippen molar-refractivity contribution < 1.29 is 14.4 Å². The Morgan fingerprint density at radius 2 is 2.33 bits per heavy atom. The van der Waals surface area contributed by atoms with E-state index in [1.54, 1.807) is 7.05 Å². The Morgan fingerprint density at radius 1 is 1.60 bits per heavy atom. The van der Waals surface area contributed by atoms with Gasteiger partial charge in [0.25, 0.3) is 11.7 Å². The number of carboxylic acid groups (broad SMARTS) is 1. The monoisotopic (exact) mass is 273 g/mol. The van der Waals surface area contributed by atoms with Gasteiger partial charge in [-0.05, 0) is 21.1 Å². The van der Waals surface area contributed by atoms with Crippen LogP contribution in [0.2, 0.25) is 0 Å². The van der Waals surface area contributed by atoms with Gasteiger partial charge < -0.3 is 9.63 Å². The second-order valence-corrected chi connectivity index (χ2v) is 3.33. The van der Waals surface area contributed by atoms with Crippen LogP contribution in [0.5, 0.6) is 0 Å². The van der Waals surface area contributed by atoms with Crippen LogP contribution in [0.4, 0.5) is 0 Å². The number of carbonyl (C=O) groups is 1. The van der Waals surface area contributed by atoms with Crippen molar-refractivity contribution in [1.29, 1.82) is 0 Å². The highest BCUT2D eigenvalue weighted by Crippen LogP contribution is 2.23. The maximum absolute atomic E-state index is 10.5. The van der Waals surface area contributed by atoms with Gasteiger partial charge in [-0.15, -0.1) is 5.10 Å². The fourth-order valence-corrected chi connectivity index (χ4v) is 1.46. The first-order chi connectivity index (χ1) is 7.09. The standard InChI is InChI=1S/C6H4BrN5O3/c1-12-2(3(7)9-11-12)5-8-4(6(13)14)10-15-5/h1H3,(H,13,14). The van der Waals surface area contributed by atoms with Gasteiger partial charge in [-0.2, -0.15) is 4.98 Å². The largest absolute Gasteiger partial charge is 0.475 e. The predicted molar refractivity (Wildman–Crippen MR) is 49.0 cm³/mol. The number of hydrogen-bond donors (Lipinski definition) is 1. The third kappa shape index (κ3) is 1.61. The van der Waals surface area contributed by atoms with E-state index in [0.717, 1.165) is 0 Å². The molecule has 0 aliphatic heterocycles. The van der Waals surface area contributed by atoms with Crippen LogP contribution in [0.15, 0.2) is 9.13 Å². The van der Waals surface area contributed by atoms with E-state index in [2.05, 4.69) is 36.4 Å². The number of aromatic nitrogens is 5. The molecule has 0 spiro atoms. The first-order valence-corrected chi connectivity index (χ1v) is 4.51. The molecular formula is C6H4BrN5O3. The van der Waals surface area contributed by atoms with E-state index >= 15 is 0 Å². The summed E-state index contributed by atoms with van der Waals surface area (Å²) in [5.74, 6) is -1.61. The van der Waals surface area contributed by atoms with Gasteiger partial charge in [0.15, 0.2) is 10.3 Å². The second kappa shape index (κ2) is 3.42. The summed E-state index contributed by atoms with van der Waals surface area (Å²) in [4.78, 5) is 14.2. The summed E-state index contributed by atoms with van der Waals surface area (Å²) in [6.07, 6.45) is 0. The third-order valence-electron chi connectivity index (χ3n) is 1.61. The average Bonchev–Trinajstić information content (AvgIpc) is 2.73. The zero-order chi connectivity index (χ0) is 11.0. The van der Waals surface area contributed by atoms with Crippen LogP contribution in [0.1, 0.15) is 10.6 Å². The van der Waals surface area contributed by atoms with Crippen molar-refractivity contribution in [2.45, 2.75) is 0 Å². The normalized spacial score (nSPS) is 10.5. The Bertz CT molecular complexity index is 499. The van der Waals surface area contributed by atoms with E-state index in [4.69, 9.17) is 9.63 Å². The first kappa shape index (κ1) is 9.77. The van der Waals surface area contributed by atoms with Crippen molar-refractivity contribution in [1.82, 2.24) is 25.1 Å². The molecule has 0 saturated carbocycles. The van der Waals surface area contributed by atoms with Crippen molar-refractivity contribution in [3.8, 4) is 11.6 Å². The smallest absolute Gasteiger partial charge is 0.377 e. The van der Waals surface area contributed by atoms with Gasteiger partial charge >= 0.3 is 5.97 Å². The fourth-order valence-electron chi connectivity index (χ4n) is 0.965. The first-order valence-electron chi connectivity index (χ1n) is 3.72. The minimum Gasteiger partial charge on any atom is -0.475 e. The Labute approximate surface area is 91.0 Å². The Kier molecular flexibility index (Phi) is 2.23. The third-order valence-corrected chi connectivity index (χ3v) is 2.14. The Hall–Kier alpha value is -1.77. The summed E-state index contributed by atoms with van der Waals surface area (Å²) in [6, 6.07) is 0. The van der Waals surface area contributed by atoms with Gasteiger partial charge in [-0.25, -0.2) is 9.48 Å². The van der Waals surface area contributed by atoms with Gasteiger partial charge in [0, 0.05) is 7.05 Å². The molecule has 0 aliphatic carbocycles. The molecule has 0 atom stereocenters. The molecule has 9 heteroatoms. The molecular weight excluding hydrogens is 270 g/mol. The Morgan fingerprint density at radius 3 is 2.80 bits per heavy atom. The average molecular weight is 274 g/mol. The van der Waals surface area contributed by atoms with Crippen molar-refractivity contribution in [2.24, 2.45) is 7.05 Å². The predicted octanol–water partition coefficient (Wildman–Crippen LogP) is 0.326. The molecule has 15 heavy (non-hydrogen) atoms. The van der Waals surface area contributed by atoms with Crippen molar-refractivity contribution in [2.75, 3.05) is 0 Å². The molecule has 0 unspecified atom stereocenters. The van der Waals surface area contributed by atoms with Crippen molar-refractivity contribution in [3.05, 3.63) is 10.4 Å². The summed E-state index contributed by atoms with van der Waals surface area (Å²) >= 11 is 3.13. The molecule has 1 N–H and O–H groups in total. The van der Waals surface area contributed by atoms with Crippen LogP contribution < -0.4 is 0 Å². The highest BCUT2D eigenvalue weighted by atomic mass is 79.9. The van der Waals surface area contributed by atoms with Crippen LogP contribution in [0, 0.1) is 0 Å². The maximum atomic E-state index is 10.5. The van der Waals surface area contributed by atoms with E-state index in [1.807, 2.05) is 0 Å². The SMILES string of the molecule is Cn1nnc(Br)c1-c1nc(C(=O)O)no1. The highest BCUT2D eigenvalue weighted by molar-refractivity contribution is 9.10. The zero-order valence-corrected chi connectivity index (χ0v) is 8.96. The van der Waals surface area contributed by atoms with E-state index in [0.29, 0.717) is 10.3 Å². The van der Waals surface area contributed by atoms with Gasteiger partial charge in [0.05, 0.1) is 0 Å². The van der Waals surface area contributed by atoms with E-state index < -0.39 is 11.8 Å². The topological polar surface area (TPSA) is 107 Å². The summed E-state index contributed by atoms with van der Waals surface area (Å²) in [6.45, 7) is 0. The van der Waals surface area contributed by atoms with E-state index in [9.17, 15) is 4.79 Å². The zero-order valence-electron chi connectivity index (χ0n) is 7.38. The lowest BCUT2D eigenvalue weighted by atomic mass is 10.4. The molecule has 0 saturated heterocycles. The maximum Gasteiger partial charge on any atom is 0.377 e. The van der Waals surface area contributed by atoms with Gasteiger partial charge in [-0.3, -0.25) is 0 Å². The summed E-state index contributed by atoms with van der Waals surface area (Å²) < 4.78 is 6.56. The van der Waals surface area contributed by atoms with Crippen molar-refractivity contribution in [3.63, 3.8) is 0 Å². The second-order valence-electron chi connectivity index (χ2n) is 2.58. The molecule has 0 radical (unpaired) electrons. The number of carboxylic acids is 1. The van der Waals surface area contributed by atoms with Gasteiger partial charge in [-0.1, -0.05) is 5.21 Å². The number of aryl methyl sites for hydroxylation is 1. The highest BCUT2D eigenvalue weighted by Gasteiger charge is 2.20. The number of hydrogen-bond acceptors (Lipinski definition) is 6.